The van der Waals surface area contributed by atoms with Crippen molar-refractivity contribution in [2.24, 2.45) is 0 Å². The number of benzene rings is 2. The van der Waals surface area contributed by atoms with Crippen LogP contribution in [0.1, 0.15) is 46.7 Å². The largest absolute Gasteiger partial charge is 0.375 e. The third-order valence-corrected chi connectivity index (χ3v) is 6.48. The summed E-state index contributed by atoms with van der Waals surface area (Å²) in [6, 6.07) is 23.0. The normalized spacial score (nSPS) is 11.7. The molecule has 0 saturated carbocycles. The van der Waals surface area contributed by atoms with E-state index in [-0.39, 0.29) is 11.9 Å². The predicted octanol–water partition coefficient (Wildman–Crippen LogP) is 4.51. The second-order valence-electron chi connectivity index (χ2n) is 8.62. The lowest BCUT2D eigenvalue weighted by Gasteiger charge is -2.31. The predicted molar refractivity (Wildman–Crippen MR) is 139 cm³/mol. The van der Waals surface area contributed by atoms with Gasteiger partial charge in [-0.1, -0.05) is 60.7 Å². The second kappa shape index (κ2) is 9.39. The van der Waals surface area contributed by atoms with Crippen LogP contribution in [0.3, 0.4) is 0 Å². The van der Waals surface area contributed by atoms with Gasteiger partial charge in [-0.05, 0) is 44.0 Å². The first-order valence-corrected chi connectivity index (χ1v) is 12.0. The summed E-state index contributed by atoms with van der Waals surface area (Å²) in [7, 11) is 0. The van der Waals surface area contributed by atoms with Gasteiger partial charge >= 0.3 is 0 Å². The number of hydrogen-bond acceptors (Lipinski definition) is 5. The highest BCUT2D eigenvalue weighted by atomic mass is 16.3. The fraction of sp³-hybridized carbons (Fsp3) is 0.214. The number of aliphatic hydroxyl groups is 1. The number of nitrogens with zero attached hydrogens (tertiary/aromatic N) is 5. The standard InChI is InChI=1S/C28H28N6O2/c1-4-33-18-29-27(32-33)31-26(35)22-16-24-23(30-19(22)3)17-25(34(24)5-2)28(36,20-12-8-6-9-13-20)21-14-10-7-11-15-21/h6-18,36H,4-5H2,1-3H3,(H,31,32,35). The molecule has 0 saturated heterocycles. The molecule has 3 aromatic heterocycles. The van der Waals surface area contributed by atoms with Crippen molar-refractivity contribution in [3.63, 3.8) is 0 Å². The molecule has 0 atom stereocenters. The van der Waals surface area contributed by atoms with Gasteiger partial charge < -0.3 is 9.67 Å². The Labute approximate surface area is 209 Å². The van der Waals surface area contributed by atoms with Gasteiger partial charge in [0.05, 0.1) is 28.0 Å². The summed E-state index contributed by atoms with van der Waals surface area (Å²) in [6.45, 7) is 7.00. The molecule has 5 rings (SSSR count). The first-order valence-electron chi connectivity index (χ1n) is 12.0. The molecule has 1 amide bonds. The first-order chi connectivity index (χ1) is 17.5. The number of anilines is 1. The molecule has 0 bridgehead atoms. The Hall–Kier alpha value is -4.30. The topological polar surface area (TPSA) is 97.9 Å². The summed E-state index contributed by atoms with van der Waals surface area (Å²) >= 11 is 0. The molecule has 0 fully saturated rings. The van der Waals surface area contributed by atoms with Crippen molar-refractivity contribution in [2.45, 2.75) is 39.5 Å². The highest BCUT2D eigenvalue weighted by molar-refractivity contribution is 6.05. The molecule has 2 N–H and O–H groups in total. The number of nitrogens with one attached hydrogen (secondary N) is 1. The molecular formula is C28H28N6O2. The van der Waals surface area contributed by atoms with Crippen LogP contribution in [-0.4, -0.2) is 35.3 Å². The van der Waals surface area contributed by atoms with Gasteiger partial charge in [-0.25, -0.2) is 4.98 Å². The summed E-state index contributed by atoms with van der Waals surface area (Å²) in [5, 5.41) is 19.4. The van der Waals surface area contributed by atoms with Crippen LogP contribution in [0.15, 0.2) is 79.1 Å². The van der Waals surface area contributed by atoms with E-state index in [1.807, 2.05) is 91.2 Å². The van der Waals surface area contributed by atoms with E-state index < -0.39 is 5.60 Å². The van der Waals surface area contributed by atoms with Gasteiger partial charge in [-0.3, -0.25) is 19.8 Å². The molecule has 8 nitrogen and oxygen atoms in total. The lowest BCUT2D eigenvalue weighted by atomic mass is 9.83. The van der Waals surface area contributed by atoms with Crippen molar-refractivity contribution in [3.8, 4) is 0 Å². The highest BCUT2D eigenvalue weighted by Crippen LogP contribution is 2.39. The smallest absolute Gasteiger partial charge is 0.259 e. The van der Waals surface area contributed by atoms with Gasteiger partial charge in [-0.15, -0.1) is 5.10 Å². The average molecular weight is 481 g/mol. The highest BCUT2D eigenvalue weighted by Gasteiger charge is 2.37. The number of pyridine rings is 1. The fourth-order valence-corrected chi connectivity index (χ4v) is 4.64. The van der Waals surface area contributed by atoms with Gasteiger partial charge in [0.15, 0.2) is 5.60 Å². The van der Waals surface area contributed by atoms with Crippen LogP contribution in [-0.2, 0) is 18.7 Å². The quantitative estimate of drug-likeness (QED) is 0.357. The molecule has 182 valence electrons. The minimum atomic E-state index is -1.41. The molecule has 0 aliphatic rings. The molecule has 8 heteroatoms. The molecule has 0 radical (unpaired) electrons. The van der Waals surface area contributed by atoms with Crippen LogP contribution in [0, 0.1) is 6.92 Å². The lowest BCUT2D eigenvalue weighted by Crippen LogP contribution is -2.31. The van der Waals surface area contributed by atoms with Gasteiger partial charge in [0, 0.05) is 13.1 Å². The molecule has 36 heavy (non-hydrogen) atoms. The van der Waals surface area contributed by atoms with Crippen LogP contribution in [0.2, 0.25) is 0 Å². The Bertz CT molecular complexity index is 1480. The van der Waals surface area contributed by atoms with Crippen molar-refractivity contribution in [1.82, 2.24) is 24.3 Å². The maximum Gasteiger partial charge on any atom is 0.259 e. The monoisotopic (exact) mass is 480 g/mol. The third kappa shape index (κ3) is 3.95. The van der Waals surface area contributed by atoms with E-state index in [1.54, 1.807) is 17.9 Å². The van der Waals surface area contributed by atoms with Gasteiger partial charge in [0.1, 0.15) is 6.33 Å². The maximum absolute atomic E-state index is 13.1. The number of amides is 1. The number of rotatable bonds is 7. The Morgan fingerprint density at radius 1 is 0.972 bits per heavy atom. The first kappa shape index (κ1) is 23.4. The Balaban J connectivity index is 1.65. The van der Waals surface area contributed by atoms with Crippen molar-refractivity contribution >= 4 is 22.9 Å². The molecule has 2 aromatic carbocycles. The zero-order chi connectivity index (χ0) is 25.3. The van der Waals surface area contributed by atoms with Crippen LogP contribution in [0.5, 0.6) is 0 Å². The second-order valence-corrected chi connectivity index (χ2v) is 8.62. The number of aromatic nitrogens is 5. The van der Waals surface area contributed by atoms with E-state index in [0.717, 1.165) is 16.6 Å². The average Bonchev–Trinajstić information content (AvgIpc) is 3.52. The zero-order valence-electron chi connectivity index (χ0n) is 20.5. The van der Waals surface area contributed by atoms with Gasteiger partial charge in [-0.2, -0.15) is 0 Å². The number of carbonyl (C=O) groups excluding carboxylic acids is 1. The van der Waals surface area contributed by atoms with Crippen molar-refractivity contribution in [3.05, 3.63) is 107 Å². The van der Waals surface area contributed by atoms with Crippen molar-refractivity contribution in [2.75, 3.05) is 5.32 Å². The van der Waals surface area contributed by atoms with E-state index in [4.69, 9.17) is 4.98 Å². The Kier molecular flexibility index (Phi) is 6.12. The van der Waals surface area contributed by atoms with Crippen molar-refractivity contribution in [1.29, 1.82) is 0 Å². The van der Waals surface area contributed by atoms with Crippen molar-refractivity contribution < 1.29 is 9.90 Å². The summed E-state index contributed by atoms with van der Waals surface area (Å²) in [5.41, 5.74) is 3.26. The van der Waals surface area contributed by atoms with Crippen LogP contribution in [0.4, 0.5) is 5.95 Å². The lowest BCUT2D eigenvalue weighted by molar-refractivity contribution is 0.102. The summed E-state index contributed by atoms with van der Waals surface area (Å²) < 4.78 is 3.66. The molecular weight excluding hydrogens is 452 g/mol. The third-order valence-electron chi connectivity index (χ3n) is 6.48. The summed E-state index contributed by atoms with van der Waals surface area (Å²) in [5.74, 6) is -0.0852. The molecule has 0 spiro atoms. The summed E-state index contributed by atoms with van der Waals surface area (Å²) in [4.78, 5) is 22.0. The SMILES string of the molecule is CCn1cnc(NC(=O)c2cc3c(cc(C(O)(c4ccccc4)c4ccccc4)n3CC)nc2C)n1. The van der Waals surface area contributed by atoms with Crippen LogP contribution >= 0.6 is 0 Å². The minimum Gasteiger partial charge on any atom is -0.375 e. The number of fused-ring (bicyclic) bond motifs is 1. The minimum absolute atomic E-state index is 0.246. The zero-order valence-corrected chi connectivity index (χ0v) is 20.5. The number of hydrogen-bond donors (Lipinski definition) is 2. The fourth-order valence-electron chi connectivity index (χ4n) is 4.64. The Morgan fingerprint density at radius 3 is 2.17 bits per heavy atom. The van der Waals surface area contributed by atoms with E-state index >= 15 is 0 Å². The van der Waals surface area contributed by atoms with Gasteiger partial charge in [0.2, 0.25) is 5.95 Å². The van der Waals surface area contributed by atoms with E-state index in [9.17, 15) is 9.90 Å². The van der Waals surface area contributed by atoms with Gasteiger partial charge in [0.25, 0.3) is 5.91 Å². The maximum atomic E-state index is 13.1. The van der Waals surface area contributed by atoms with E-state index in [0.29, 0.717) is 35.6 Å². The number of aryl methyl sites for hydroxylation is 3. The van der Waals surface area contributed by atoms with Crippen LogP contribution in [0.25, 0.3) is 11.0 Å². The van der Waals surface area contributed by atoms with E-state index in [2.05, 4.69) is 15.4 Å². The molecule has 3 heterocycles. The molecule has 0 unspecified atom stereocenters. The molecule has 5 aromatic rings. The molecule has 0 aliphatic carbocycles. The van der Waals surface area contributed by atoms with Crippen LogP contribution < -0.4 is 5.32 Å². The number of carbonyl (C=O) groups is 1. The molecule has 0 aliphatic heterocycles. The summed E-state index contributed by atoms with van der Waals surface area (Å²) in [6.07, 6.45) is 1.58. The Morgan fingerprint density at radius 2 is 1.61 bits per heavy atom. The van der Waals surface area contributed by atoms with E-state index in [1.165, 1.54) is 0 Å².